The van der Waals surface area contributed by atoms with Gasteiger partial charge in [0.2, 0.25) is 0 Å². The summed E-state index contributed by atoms with van der Waals surface area (Å²) in [5, 5.41) is 0. The fourth-order valence-electron chi connectivity index (χ4n) is 1.72. The van der Waals surface area contributed by atoms with E-state index in [2.05, 4.69) is 0 Å². The molecule has 1 aromatic rings. The molecule has 0 saturated carbocycles. The minimum Gasteiger partial charge on any atom is -0.497 e. The molecule has 1 rings (SSSR count). The van der Waals surface area contributed by atoms with E-state index in [9.17, 15) is 4.79 Å². The zero-order valence-corrected chi connectivity index (χ0v) is 12.1. The molecule has 0 spiro atoms. The maximum absolute atomic E-state index is 11.8. The topological polar surface area (TPSA) is 64.8 Å². The fourth-order valence-corrected chi connectivity index (χ4v) is 1.72. The molecule has 0 saturated heterocycles. The van der Waals surface area contributed by atoms with Crippen molar-refractivity contribution in [3.63, 3.8) is 0 Å². The second kappa shape index (κ2) is 6.43. The van der Waals surface area contributed by atoms with Crippen molar-refractivity contribution in [2.24, 2.45) is 5.73 Å². The van der Waals surface area contributed by atoms with Crippen LogP contribution in [0.15, 0.2) is 18.2 Å². The first-order valence-electron chi connectivity index (χ1n) is 6.18. The zero-order chi connectivity index (χ0) is 14.6. The van der Waals surface area contributed by atoms with Gasteiger partial charge in [-0.15, -0.1) is 0 Å². The van der Waals surface area contributed by atoms with Crippen molar-refractivity contribution in [3.05, 3.63) is 23.8 Å². The minimum atomic E-state index is -0.570. The number of methoxy groups -OCH3 is 1. The lowest BCUT2D eigenvalue weighted by Crippen LogP contribution is -2.35. The summed E-state index contributed by atoms with van der Waals surface area (Å²) in [5.41, 5.74) is 6.75. The molecule has 0 heterocycles. The molecule has 0 aliphatic rings. The van der Waals surface area contributed by atoms with E-state index in [0.717, 1.165) is 5.56 Å². The van der Waals surface area contributed by atoms with E-state index in [0.29, 0.717) is 11.5 Å². The van der Waals surface area contributed by atoms with Crippen LogP contribution in [0.2, 0.25) is 0 Å². The highest BCUT2D eigenvalue weighted by atomic mass is 16.5. The molecule has 1 aromatic carbocycles. The molecular weight excluding hydrogens is 244 g/mol. The largest absolute Gasteiger partial charge is 0.497 e. The molecule has 0 fully saturated rings. The maximum Gasteiger partial charge on any atom is 0.262 e. The molecule has 5 heteroatoms. The van der Waals surface area contributed by atoms with Crippen molar-refractivity contribution in [1.82, 2.24) is 4.90 Å². The Hall–Kier alpha value is -1.75. The maximum atomic E-state index is 11.8. The first kappa shape index (κ1) is 15.3. The number of ether oxygens (including phenoxy) is 2. The van der Waals surface area contributed by atoms with Crippen LogP contribution < -0.4 is 15.2 Å². The summed E-state index contributed by atoms with van der Waals surface area (Å²) in [7, 11) is 4.97. The Morgan fingerprint density at radius 2 is 1.95 bits per heavy atom. The third-order valence-corrected chi connectivity index (χ3v) is 2.80. The Morgan fingerprint density at radius 3 is 2.42 bits per heavy atom. The number of amides is 1. The van der Waals surface area contributed by atoms with E-state index in [1.807, 2.05) is 19.1 Å². The molecule has 5 nitrogen and oxygen atoms in total. The molecule has 0 aliphatic heterocycles. The number of hydrogen-bond donors (Lipinski definition) is 1. The van der Waals surface area contributed by atoms with Crippen LogP contribution in [0.25, 0.3) is 0 Å². The van der Waals surface area contributed by atoms with Crippen LogP contribution in [0, 0.1) is 0 Å². The minimum absolute atomic E-state index is 0.0987. The molecule has 2 unspecified atom stereocenters. The Bertz CT molecular complexity index is 444. The van der Waals surface area contributed by atoms with Gasteiger partial charge in [-0.1, -0.05) is 6.07 Å². The predicted octanol–water partition coefficient (Wildman–Crippen LogP) is 1.57. The predicted molar refractivity (Wildman–Crippen MR) is 74.4 cm³/mol. The lowest BCUT2D eigenvalue weighted by Gasteiger charge is -2.21. The molecule has 0 aliphatic carbocycles. The van der Waals surface area contributed by atoms with Gasteiger partial charge in [-0.05, 0) is 19.9 Å². The Balaban J connectivity index is 3.00. The second-order valence-electron chi connectivity index (χ2n) is 4.69. The molecule has 2 N–H and O–H groups in total. The van der Waals surface area contributed by atoms with Crippen molar-refractivity contribution in [2.45, 2.75) is 26.0 Å². The summed E-state index contributed by atoms with van der Waals surface area (Å²) in [6, 6.07) is 5.25. The second-order valence-corrected chi connectivity index (χ2v) is 4.69. The van der Waals surface area contributed by atoms with Gasteiger partial charge in [-0.2, -0.15) is 0 Å². The van der Waals surface area contributed by atoms with Gasteiger partial charge >= 0.3 is 0 Å². The van der Waals surface area contributed by atoms with Gasteiger partial charge in [-0.3, -0.25) is 4.79 Å². The summed E-state index contributed by atoms with van der Waals surface area (Å²) in [5.74, 6) is 1.15. The van der Waals surface area contributed by atoms with E-state index in [1.165, 1.54) is 4.90 Å². The van der Waals surface area contributed by atoms with Crippen molar-refractivity contribution >= 4 is 5.91 Å². The summed E-state index contributed by atoms with van der Waals surface area (Å²) in [6.45, 7) is 3.58. The third-order valence-electron chi connectivity index (χ3n) is 2.80. The first-order chi connectivity index (χ1) is 8.86. The van der Waals surface area contributed by atoms with Crippen LogP contribution in [0.1, 0.15) is 25.5 Å². The monoisotopic (exact) mass is 266 g/mol. The van der Waals surface area contributed by atoms with E-state index in [4.69, 9.17) is 15.2 Å². The number of benzene rings is 1. The van der Waals surface area contributed by atoms with E-state index in [1.54, 1.807) is 34.2 Å². The lowest BCUT2D eigenvalue weighted by atomic mass is 10.1. The summed E-state index contributed by atoms with van der Waals surface area (Å²) < 4.78 is 10.9. The lowest BCUT2D eigenvalue weighted by molar-refractivity contribution is -0.135. The Morgan fingerprint density at radius 1 is 1.32 bits per heavy atom. The number of carbonyl (C=O) groups is 1. The SMILES string of the molecule is COc1ccc(C(C)N)c(OC(C)C(=O)N(C)C)c1. The van der Waals surface area contributed by atoms with Gasteiger partial charge in [0.05, 0.1) is 7.11 Å². The van der Waals surface area contributed by atoms with Crippen LogP contribution in [0.3, 0.4) is 0 Å². The van der Waals surface area contributed by atoms with E-state index in [-0.39, 0.29) is 11.9 Å². The molecule has 106 valence electrons. The van der Waals surface area contributed by atoms with Crippen LogP contribution in [0.5, 0.6) is 11.5 Å². The van der Waals surface area contributed by atoms with E-state index >= 15 is 0 Å². The van der Waals surface area contributed by atoms with Crippen LogP contribution in [0.4, 0.5) is 0 Å². The van der Waals surface area contributed by atoms with Gasteiger partial charge in [0.15, 0.2) is 6.10 Å². The number of rotatable bonds is 5. The van der Waals surface area contributed by atoms with Crippen LogP contribution >= 0.6 is 0 Å². The smallest absolute Gasteiger partial charge is 0.262 e. The molecule has 0 radical (unpaired) electrons. The summed E-state index contributed by atoms with van der Waals surface area (Å²) in [6.07, 6.45) is -0.570. The number of carbonyl (C=O) groups excluding carboxylic acids is 1. The molecule has 0 aromatic heterocycles. The third kappa shape index (κ3) is 3.86. The van der Waals surface area contributed by atoms with Crippen molar-refractivity contribution in [2.75, 3.05) is 21.2 Å². The molecule has 1 amide bonds. The number of nitrogens with two attached hydrogens (primary N) is 1. The van der Waals surface area contributed by atoms with Crippen LogP contribution in [-0.4, -0.2) is 38.1 Å². The van der Waals surface area contributed by atoms with Crippen molar-refractivity contribution < 1.29 is 14.3 Å². The first-order valence-corrected chi connectivity index (χ1v) is 6.18. The van der Waals surface area contributed by atoms with Crippen LogP contribution in [-0.2, 0) is 4.79 Å². The van der Waals surface area contributed by atoms with Gasteiger partial charge in [-0.25, -0.2) is 0 Å². The highest BCUT2D eigenvalue weighted by molar-refractivity contribution is 5.80. The van der Waals surface area contributed by atoms with Crippen molar-refractivity contribution in [3.8, 4) is 11.5 Å². The fraction of sp³-hybridized carbons (Fsp3) is 0.500. The summed E-state index contributed by atoms with van der Waals surface area (Å²) >= 11 is 0. The average Bonchev–Trinajstić information content (AvgIpc) is 2.36. The highest BCUT2D eigenvalue weighted by Gasteiger charge is 2.19. The highest BCUT2D eigenvalue weighted by Crippen LogP contribution is 2.29. The van der Waals surface area contributed by atoms with Gasteiger partial charge < -0.3 is 20.1 Å². The van der Waals surface area contributed by atoms with E-state index < -0.39 is 6.10 Å². The van der Waals surface area contributed by atoms with Gasteiger partial charge in [0, 0.05) is 31.8 Å². The normalized spacial score (nSPS) is 13.6. The average molecular weight is 266 g/mol. The number of hydrogen-bond acceptors (Lipinski definition) is 4. The Kier molecular flexibility index (Phi) is 5.18. The molecule has 0 bridgehead atoms. The molecule has 19 heavy (non-hydrogen) atoms. The van der Waals surface area contributed by atoms with Gasteiger partial charge in [0.1, 0.15) is 11.5 Å². The molecular formula is C14H22N2O3. The van der Waals surface area contributed by atoms with Crippen molar-refractivity contribution in [1.29, 1.82) is 0 Å². The summed E-state index contributed by atoms with van der Waals surface area (Å²) in [4.78, 5) is 13.3. The standard InChI is InChI=1S/C14H22N2O3/c1-9(15)12-7-6-11(18-5)8-13(12)19-10(2)14(17)16(3)4/h6-10H,15H2,1-5H3. The quantitative estimate of drug-likeness (QED) is 0.878. The molecule has 2 atom stereocenters. The number of nitrogens with zero attached hydrogens (tertiary/aromatic N) is 1. The van der Waals surface area contributed by atoms with Gasteiger partial charge in [0.25, 0.3) is 5.91 Å². The zero-order valence-electron chi connectivity index (χ0n) is 12.1. The number of likely N-dealkylation sites (N-methyl/N-ethyl adjacent to an activating group) is 1. The Labute approximate surface area is 114 Å².